The summed E-state index contributed by atoms with van der Waals surface area (Å²) in [5.41, 5.74) is 2.92. The SMILES string of the molecule is Cc1oc(=O)oc1COC(=O)C1=CCS[C@@H]2C(NC(=O)C(=NOCC(=O)OC(c3ccccc3)c3ccccc3)c3cscn3)C(=O)N12. The van der Waals surface area contributed by atoms with Crippen LogP contribution in [0.25, 0.3) is 0 Å². The largest absolute Gasteiger partial charge is 0.519 e. The Kier molecular flexibility index (Phi) is 9.82. The minimum absolute atomic E-state index is 0.00251. The Labute approximate surface area is 280 Å². The fourth-order valence-corrected chi connectivity index (χ4v) is 6.61. The first-order valence-corrected chi connectivity index (χ1v) is 16.4. The van der Waals surface area contributed by atoms with Gasteiger partial charge in [0.1, 0.15) is 22.8 Å². The molecule has 2 atom stereocenters. The van der Waals surface area contributed by atoms with Crippen LogP contribution in [0.1, 0.15) is 34.4 Å². The zero-order valence-corrected chi connectivity index (χ0v) is 26.7. The van der Waals surface area contributed by atoms with Crippen molar-refractivity contribution in [3.8, 4) is 0 Å². The molecule has 4 heterocycles. The Balaban J connectivity index is 1.08. The third-order valence-corrected chi connectivity index (χ3v) is 8.96. The summed E-state index contributed by atoms with van der Waals surface area (Å²) >= 11 is 2.53. The van der Waals surface area contributed by atoms with E-state index in [9.17, 15) is 24.0 Å². The van der Waals surface area contributed by atoms with Gasteiger partial charge in [-0.25, -0.2) is 19.4 Å². The maximum Gasteiger partial charge on any atom is 0.519 e. The van der Waals surface area contributed by atoms with Gasteiger partial charge in [-0.1, -0.05) is 65.8 Å². The van der Waals surface area contributed by atoms with Gasteiger partial charge in [-0.2, -0.15) is 0 Å². The number of carbonyl (C=O) groups is 4. The van der Waals surface area contributed by atoms with Gasteiger partial charge in [0.2, 0.25) is 6.61 Å². The van der Waals surface area contributed by atoms with Crippen LogP contribution in [-0.4, -0.2) is 63.1 Å². The summed E-state index contributed by atoms with van der Waals surface area (Å²) in [5, 5.41) is 7.49. The molecule has 0 saturated carbocycles. The molecule has 1 N–H and O–H groups in total. The Morgan fingerprint density at radius 1 is 1.06 bits per heavy atom. The number of aromatic nitrogens is 1. The summed E-state index contributed by atoms with van der Waals surface area (Å²) in [7, 11) is 0. The predicted molar refractivity (Wildman–Crippen MR) is 170 cm³/mol. The van der Waals surface area contributed by atoms with Gasteiger partial charge in [0.25, 0.3) is 11.8 Å². The van der Waals surface area contributed by atoms with Crippen molar-refractivity contribution in [2.75, 3.05) is 12.4 Å². The number of rotatable bonds is 12. The molecule has 2 aromatic heterocycles. The van der Waals surface area contributed by atoms with Crippen molar-refractivity contribution < 1.29 is 42.3 Å². The molecule has 0 radical (unpaired) electrons. The third-order valence-electron chi connectivity index (χ3n) is 7.19. The van der Waals surface area contributed by atoms with Crippen LogP contribution in [0.15, 0.2) is 102 Å². The molecule has 246 valence electrons. The smallest absolute Gasteiger partial charge is 0.453 e. The first-order chi connectivity index (χ1) is 23.3. The van der Waals surface area contributed by atoms with Gasteiger partial charge < -0.3 is 28.5 Å². The molecule has 0 spiro atoms. The summed E-state index contributed by atoms with van der Waals surface area (Å²) in [6, 6.07) is 17.4. The van der Waals surface area contributed by atoms with E-state index in [1.807, 2.05) is 60.7 Å². The normalized spacial score (nSPS) is 17.2. The number of ether oxygens (including phenoxy) is 2. The highest BCUT2D eigenvalue weighted by Gasteiger charge is 2.53. The minimum Gasteiger partial charge on any atom is -0.453 e. The molecule has 2 amide bonds. The number of nitrogens with one attached hydrogen (secondary N) is 1. The molecule has 6 rings (SSSR count). The summed E-state index contributed by atoms with van der Waals surface area (Å²) in [6.07, 6.45) is 0.841. The molecule has 14 nitrogen and oxygen atoms in total. The molecule has 2 aliphatic heterocycles. The van der Waals surface area contributed by atoms with E-state index in [0.717, 1.165) is 11.1 Å². The number of fused-ring (bicyclic) bond motifs is 1. The lowest BCUT2D eigenvalue weighted by Gasteiger charge is -2.48. The third kappa shape index (κ3) is 7.08. The van der Waals surface area contributed by atoms with Gasteiger partial charge in [0, 0.05) is 11.1 Å². The number of hydrogen-bond acceptors (Lipinski definition) is 14. The molecule has 2 aromatic carbocycles. The second-order valence-electron chi connectivity index (χ2n) is 10.3. The van der Waals surface area contributed by atoms with E-state index in [0.29, 0.717) is 5.75 Å². The van der Waals surface area contributed by atoms with E-state index in [-0.39, 0.29) is 35.2 Å². The molecule has 1 fully saturated rings. The van der Waals surface area contributed by atoms with Crippen molar-refractivity contribution in [1.82, 2.24) is 15.2 Å². The highest BCUT2D eigenvalue weighted by molar-refractivity contribution is 8.00. The number of β-lactam (4-membered cyclic amide) rings is 1. The number of amides is 2. The zero-order chi connectivity index (χ0) is 33.6. The van der Waals surface area contributed by atoms with Gasteiger partial charge in [-0.3, -0.25) is 14.5 Å². The fraction of sp³-hybridized carbons (Fsp3) is 0.219. The summed E-state index contributed by atoms with van der Waals surface area (Å²) in [6.45, 7) is 0.512. The van der Waals surface area contributed by atoms with Crippen LogP contribution in [0.4, 0.5) is 0 Å². The van der Waals surface area contributed by atoms with Crippen LogP contribution in [-0.2, 0) is 40.1 Å². The lowest BCUT2D eigenvalue weighted by Crippen LogP contribution is -2.70. The number of oxime groups is 1. The van der Waals surface area contributed by atoms with Gasteiger partial charge in [-0.15, -0.1) is 23.1 Å². The molecule has 1 saturated heterocycles. The van der Waals surface area contributed by atoms with E-state index in [4.69, 9.17) is 23.1 Å². The average Bonchev–Trinajstić information content (AvgIpc) is 3.75. The van der Waals surface area contributed by atoms with Gasteiger partial charge in [0.15, 0.2) is 29.9 Å². The number of carbonyl (C=O) groups excluding carboxylic acids is 4. The van der Waals surface area contributed by atoms with Crippen molar-refractivity contribution in [3.05, 3.63) is 122 Å². The highest BCUT2D eigenvalue weighted by Crippen LogP contribution is 2.38. The molecule has 1 unspecified atom stereocenters. The summed E-state index contributed by atoms with van der Waals surface area (Å²) < 4.78 is 20.6. The Morgan fingerprint density at radius 3 is 2.40 bits per heavy atom. The standard InChI is InChI=1S/C32H26N4O10S2/c1-18-23(45-32(41)44-18)14-42-31(40)22-12-13-48-30-26(29(39)36(22)30)34-28(38)25(21-16-47-17-33-21)35-43-15-24(37)46-27(19-8-4-2-5-9-19)20-10-6-3-7-11-20/h2-12,16-17,26-27,30H,13-15H2,1H3,(H,34,38)/t26?,30-/m1/s1. The Hall–Kier alpha value is -5.48. The Bertz CT molecular complexity index is 1880. The fourth-order valence-electron chi connectivity index (χ4n) is 4.88. The van der Waals surface area contributed by atoms with Gasteiger partial charge in [0.05, 0.1) is 5.51 Å². The average molecular weight is 691 g/mol. The van der Waals surface area contributed by atoms with Crippen LogP contribution in [0.5, 0.6) is 0 Å². The summed E-state index contributed by atoms with van der Waals surface area (Å²) in [4.78, 5) is 74.1. The number of nitrogens with zero attached hydrogens (tertiary/aromatic N) is 3. The highest BCUT2D eigenvalue weighted by atomic mass is 32.2. The van der Waals surface area contributed by atoms with Crippen LogP contribution in [0.2, 0.25) is 0 Å². The van der Waals surface area contributed by atoms with E-state index < -0.39 is 53.7 Å². The molecule has 16 heteroatoms. The van der Waals surface area contributed by atoms with Crippen LogP contribution >= 0.6 is 23.1 Å². The monoisotopic (exact) mass is 690 g/mol. The van der Waals surface area contributed by atoms with E-state index in [1.165, 1.54) is 46.5 Å². The quantitative estimate of drug-likeness (QED) is 0.0995. The number of hydrogen-bond donors (Lipinski definition) is 1. The van der Waals surface area contributed by atoms with Crippen LogP contribution in [0, 0.1) is 6.92 Å². The van der Waals surface area contributed by atoms with Crippen molar-refractivity contribution in [2.24, 2.45) is 5.16 Å². The van der Waals surface area contributed by atoms with Gasteiger partial charge >= 0.3 is 17.8 Å². The van der Waals surface area contributed by atoms with Crippen molar-refractivity contribution in [2.45, 2.75) is 31.1 Å². The molecule has 0 bridgehead atoms. The summed E-state index contributed by atoms with van der Waals surface area (Å²) in [5.74, 6) is -3.21. The van der Waals surface area contributed by atoms with Crippen molar-refractivity contribution >= 4 is 52.6 Å². The van der Waals surface area contributed by atoms with Crippen molar-refractivity contribution in [3.63, 3.8) is 0 Å². The maximum absolute atomic E-state index is 13.4. The van der Waals surface area contributed by atoms with Gasteiger partial charge in [-0.05, 0) is 24.1 Å². The van der Waals surface area contributed by atoms with Crippen molar-refractivity contribution in [1.29, 1.82) is 0 Å². The first kappa shape index (κ1) is 32.5. The molecule has 2 aliphatic rings. The number of aryl methyl sites for hydroxylation is 1. The first-order valence-electron chi connectivity index (χ1n) is 14.4. The molecule has 4 aromatic rings. The minimum atomic E-state index is -1.00. The molecular weight excluding hydrogens is 665 g/mol. The Morgan fingerprint density at radius 2 is 1.77 bits per heavy atom. The lowest BCUT2D eigenvalue weighted by atomic mass is 10.0. The maximum atomic E-state index is 13.4. The number of esters is 2. The second-order valence-corrected chi connectivity index (χ2v) is 12.1. The molecule has 0 aliphatic carbocycles. The second kappa shape index (κ2) is 14.5. The molecule has 48 heavy (non-hydrogen) atoms. The van der Waals surface area contributed by atoms with E-state index in [2.05, 4.69) is 15.5 Å². The lowest BCUT2D eigenvalue weighted by molar-refractivity contribution is -0.153. The predicted octanol–water partition coefficient (Wildman–Crippen LogP) is 3.08. The van der Waals surface area contributed by atoms with E-state index in [1.54, 1.807) is 5.38 Å². The van der Waals surface area contributed by atoms with E-state index >= 15 is 0 Å². The number of thiazole rings is 1. The number of thioether (sulfide) groups is 1. The topological polar surface area (TPSA) is 180 Å². The van der Waals surface area contributed by atoms with Crippen LogP contribution < -0.4 is 11.1 Å². The number of benzene rings is 2. The zero-order valence-electron chi connectivity index (χ0n) is 25.1. The van der Waals surface area contributed by atoms with Crippen LogP contribution in [0.3, 0.4) is 0 Å². The molecular formula is C32H26N4O10S2.